The third-order valence-corrected chi connectivity index (χ3v) is 4.45. The fourth-order valence-electron chi connectivity index (χ4n) is 2.93. The number of benzene rings is 1. The van der Waals surface area contributed by atoms with Crippen molar-refractivity contribution in [2.45, 2.75) is 19.8 Å². The second-order valence-corrected chi connectivity index (χ2v) is 6.04. The van der Waals surface area contributed by atoms with Gasteiger partial charge in [-0.1, -0.05) is 11.6 Å². The Morgan fingerprint density at radius 3 is 1.92 bits per heavy atom. The van der Waals surface area contributed by atoms with Gasteiger partial charge < -0.3 is 10.2 Å². The smallest absolute Gasteiger partial charge is 0.269 e. The number of hydrogen-bond donors (Lipinski definition) is 4. The van der Waals surface area contributed by atoms with Crippen LogP contribution >= 0.6 is 11.6 Å². The number of nitrogens with zero attached hydrogens (tertiary/aromatic N) is 1. The van der Waals surface area contributed by atoms with Gasteiger partial charge in [0.2, 0.25) is 0 Å². The third kappa shape index (κ3) is 2.78. The van der Waals surface area contributed by atoms with Crippen molar-refractivity contribution in [3.8, 4) is 0 Å². The van der Waals surface area contributed by atoms with Crippen LogP contribution in [0, 0.1) is 24.0 Å². The molecule has 0 fully saturated rings. The Morgan fingerprint density at radius 1 is 1.00 bits per heavy atom. The molecular formula is C15H14ClN5O4. The zero-order valence-electron chi connectivity index (χ0n) is 13.3. The molecule has 10 heteroatoms. The van der Waals surface area contributed by atoms with Gasteiger partial charge in [0.1, 0.15) is 0 Å². The molecule has 2 aromatic heterocycles. The maximum atomic E-state index is 12.3. The summed E-state index contributed by atoms with van der Waals surface area (Å²) in [5, 5.41) is 21.7. The van der Waals surface area contributed by atoms with E-state index in [1.54, 1.807) is 13.8 Å². The Balaban J connectivity index is 2.38. The monoisotopic (exact) mass is 363 g/mol. The third-order valence-electron chi connectivity index (χ3n) is 4.10. The van der Waals surface area contributed by atoms with Crippen molar-refractivity contribution in [1.29, 1.82) is 0 Å². The van der Waals surface area contributed by atoms with Crippen LogP contribution in [0.2, 0.25) is 5.02 Å². The number of aromatic amines is 4. The van der Waals surface area contributed by atoms with E-state index in [0.717, 1.165) is 0 Å². The van der Waals surface area contributed by atoms with Gasteiger partial charge >= 0.3 is 0 Å². The van der Waals surface area contributed by atoms with Crippen LogP contribution in [0.4, 0.5) is 5.69 Å². The Labute approximate surface area is 145 Å². The van der Waals surface area contributed by atoms with Crippen LogP contribution in [0.5, 0.6) is 0 Å². The molecule has 0 aliphatic heterocycles. The van der Waals surface area contributed by atoms with E-state index in [2.05, 4.69) is 20.4 Å². The summed E-state index contributed by atoms with van der Waals surface area (Å²) < 4.78 is 0. The lowest BCUT2D eigenvalue weighted by Crippen LogP contribution is -2.20. The lowest BCUT2D eigenvalue weighted by molar-refractivity contribution is -0.384. The lowest BCUT2D eigenvalue weighted by atomic mass is 9.85. The van der Waals surface area contributed by atoms with Gasteiger partial charge in [-0.25, -0.2) is 0 Å². The van der Waals surface area contributed by atoms with Crippen molar-refractivity contribution >= 4 is 17.3 Å². The van der Waals surface area contributed by atoms with Crippen LogP contribution in [-0.2, 0) is 0 Å². The van der Waals surface area contributed by atoms with Crippen molar-refractivity contribution in [1.82, 2.24) is 20.4 Å². The van der Waals surface area contributed by atoms with E-state index in [-0.39, 0.29) is 21.8 Å². The summed E-state index contributed by atoms with van der Waals surface area (Å²) in [6, 6.07) is 3.93. The maximum Gasteiger partial charge on any atom is 0.269 e. The van der Waals surface area contributed by atoms with E-state index in [1.165, 1.54) is 18.2 Å². The van der Waals surface area contributed by atoms with E-state index >= 15 is 0 Å². The molecule has 0 aliphatic rings. The number of aryl methyl sites for hydroxylation is 2. The number of nitrogens with one attached hydrogen (secondary N) is 4. The molecule has 0 saturated carbocycles. The number of nitro benzene ring substituents is 1. The Morgan fingerprint density at radius 2 is 1.52 bits per heavy atom. The molecular weight excluding hydrogens is 350 g/mol. The number of nitro groups is 1. The summed E-state index contributed by atoms with van der Waals surface area (Å²) in [7, 11) is 0. The molecule has 0 atom stereocenters. The average molecular weight is 364 g/mol. The zero-order chi connectivity index (χ0) is 18.3. The van der Waals surface area contributed by atoms with Gasteiger partial charge in [-0.2, -0.15) is 0 Å². The van der Waals surface area contributed by atoms with Gasteiger partial charge in [-0.3, -0.25) is 29.9 Å². The number of rotatable bonds is 4. The molecule has 25 heavy (non-hydrogen) atoms. The number of halogens is 1. The minimum absolute atomic E-state index is 0.182. The maximum absolute atomic E-state index is 12.3. The van der Waals surface area contributed by atoms with Gasteiger partial charge in [0.05, 0.1) is 22.0 Å². The Hall–Kier alpha value is -3.07. The molecule has 0 spiro atoms. The number of non-ortho nitro benzene ring substituents is 1. The molecule has 0 radical (unpaired) electrons. The van der Waals surface area contributed by atoms with Gasteiger partial charge in [-0.15, -0.1) is 0 Å². The molecule has 1 aromatic carbocycles. The minimum Gasteiger partial charge on any atom is -0.302 e. The molecule has 0 unspecified atom stereocenters. The molecule has 4 N–H and O–H groups in total. The molecule has 2 heterocycles. The molecule has 130 valence electrons. The zero-order valence-corrected chi connectivity index (χ0v) is 14.0. The number of H-pyrrole nitrogens is 4. The van der Waals surface area contributed by atoms with Crippen molar-refractivity contribution in [2.75, 3.05) is 0 Å². The first-order valence-electron chi connectivity index (χ1n) is 7.29. The number of hydrogen-bond acceptors (Lipinski definition) is 4. The second kappa shape index (κ2) is 6.10. The molecule has 0 aliphatic carbocycles. The highest BCUT2D eigenvalue weighted by Crippen LogP contribution is 2.37. The van der Waals surface area contributed by atoms with Crippen LogP contribution in [-0.4, -0.2) is 25.3 Å². The largest absolute Gasteiger partial charge is 0.302 e. The first-order valence-corrected chi connectivity index (χ1v) is 7.67. The van der Waals surface area contributed by atoms with E-state index in [0.29, 0.717) is 17.0 Å². The van der Waals surface area contributed by atoms with Crippen molar-refractivity contribution < 1.29 is 4.92 Å². The van der Waals surface area contributed by atoms with Gasteiger partial charge in [0.15, 0.2) is 0 Å². The van der Waals surface area contributed by atoms with Gasteiger partial charge in [0, 0.05) is 28.5 Å². The SMILES string of the molecule is Cc1[nH][nH]c(=O)c1C(c1cc([N+](=O)[O-])ccc1Cl)c1c(C)[nH][nH]c1=O. The molecule has 0 amide bonds. The highest BCUT2D eigenvalue weighted by atomic mass is 35.5. The molecule has 3 rings (SSSR count). The predicted molar refractivity (Wildman–Crippen MR) is 91.4 cm³/mol. The summed E-state index contributed by atoms with van der Waals surface area (Å²) in [4.78, 5) is 35.2. The summed E-state index contributed by atoms with van der Waals surface area (Å²) >= 11 is 6.27. The second-order valence-electron chi connectivity index (χ2n) is 5.63. The predicted octanol–water partition coefficient (Wildman–Crippen LogP) is 2.08. The standard InChI is InChI=1S/C15H14ClN5O4/c1-6-11(14(22)19-17-6)13(12-7(2)18-20-15(12)23)9-5-8(21(24)25)3-4-10(9)16/h3-5,13H,1-2H3,(H2,17,19,22)(H2,18,20,23). The Kier molecular flexibility index (Phi) is 4.09. The van der Waals surface area contributed by atoms with Gasteiger partial charge in [0.25, 0.3) is 16.8 Å². The quantitative estimate of drug-likeness (QED) is 0.416. The highest BCUT2D eigenvalue weighted by molar-refractivity contribution is 6.31. The minimum atomic E-state index is -0.864. The van der Waals surface area contributed by atoms with Gasteiger partial charge in [-0.05, 0) is 25.5 Å². The van der Waals surface area contributed by atoms with Crippen LogP contribution in [0.1, 0.15) is 34.0 Å². The van der Waals surface area contributed by atoms with Crippen molar-refractivity contribution in [3.63, 3.8) is 0 Å². The summed E-state index contributed by atoms with van der Waals surface area (Å²) in [6.45, 7) is 3.34. The van der Waals surface area contributed by atoms with E-state index in [1.807, 2.05) is 0 Å². The van der Waals surface area contributed by atoms with Crippen molar-refractivity contribution in [3.05, 3.63) is 82.1 Å². The molecule has 9 nitrogen and oxygen atoms in total. The molecule has 0 saturated heterocycles. The molecule has 3 aromatic rings. The van der Waals surface area contributed by atoms with E-state index < -0.39 is 22.0 Å². The fourth-order valence-corrected chi connectivity index (χ4v) is 3.15. The van der Waals surface area contributed by atoms with Crippen LogP contribution in [0.15, 0.2) is 27.8 Å². The fraction of sp³-hybridized carbons (Fsp3) is 0.200. The van der Waals surface area contributed by atoms with Crippen LogP contribution in [0.3, 0.4) is 0 Å². The Bertz CT molecular complexity index is 1020. The average Bonchev–Trinajstić information content (AvgIpc) is 3.06. The van der Waals surface area contributed by atoms with E-state index in [4.69, 9.17) is 11.6 Å². The number of aromatic nitrogens is 4. The summed E-state index contributed by atoms with van der Waals surface area (Å²) in [5.41, 5.74) is 0.840. The first-order chi connectivity index (χ1) is 11.8. The lowest BCUT2D eigenvalue weighted by Gasteiger charge is -2.17. The van der Waals surface area contributed by atoms with Crippen LogP contribution in [0.25, 0.3) is 0 Å². The molecule has 0 bridgehead atoms. The first kappa shape index (κ1) is 16.8. The topological polar surface area (TPSA) is 140 Å². The summed E-state index contributed by atoms with van der Waals surface area (Å²) in [5.74, 6) is -0.864. The summed E-state index contributed by atoms with van der Waals surface area (Å²) in [6.07, 6.45) is 0. The van der Waals surface area contributed by atoms with E-state index in [9.17, 15) is 19.7 Å². The highest BCUT2D eigenvalue weighted by Gasteiger charge is 2.30. The van der Waals surface area contributed by atoms with Crippen molar-refractivity contribution in [2.24, 2.45) is 0 Å². The normalized spacial score (nSPS) is 11.2. The van der Waals surface area contributed by atoms with Crippen LogP contribution < -0.4 is 11.1 Å².